The molecule has 0 saturated heterocycles. The van der Waals surface area contributed by atoms with Crippen LogP contribution in [0.2, 0.25) is 0 Å². The van der Waals surface area contributed by atoms with E-state index in [4.69, 9.17) is 10.5 Å². The van der Waals surface area contributed by atoms with Gasteiger partial charge in [0.2, 0.25) is 0 Å². The van der Waals surface area contributed by atoms with Gasteiger partial charge in [-0.2, -0.15) is 0 Å². The number of hydrogen-bond donors (Lipinski definition) is 1. The van der Waals surface area contributed by atoms with Crippen LogP contribution in [0.25, 0.3) is 0 Å². The molecule has 1 aliphatic rings. The topological polar surface area (TPSA) is 51.4 Å². The van der Waals surface area contributed by atoms with Gasteiger partial charge in [-0.05, 0) is 18.2 Å². The van der Waals surface area contributed by atoms with Crippen molar-refractivity contribution in [2.24, 2.45) is 5.73 Å². The van der Waals surface area contributed by atoms with Gasteiger partial charge in [-0.3, -0.25) is 0 Å². The molecule has 1 aromatic carbocycles. The molecule has 4 heteroatoms. The van der Waals surface area contributed by atoms with Gasteiger partial charge in [-0.25, -0.2) is 4.98 Å². The van der Waals surface area contributed by atoms with Crippen molar-refractivity contribution in [3.8, 4) is 5.75 Å². The zero-order valence-electron chi connectivity index (χ0n) is 10.7. The van der Waals surface area contributed by atoms with E-state index in [2.05, 4.69) is 16.0 Å². The van der Waals surface area contributed by atoms with Crippen molar-refractivity contribution in [2.75, 3.05) is 18.1 Å². The molecule has 0 aliphatic carbocycles. The summed E-state index contributed by atoms with van der Waals surface area (Å²) >= 11 is 0. The van der Waals surface area contributed by atoms with Crippen LogP contribution >= 0.6 is 0 Å². The van der Waals surface area contributed by atoms with Gasteiger partial charge in [0.25, 0.3) is 0 Å². The number of nitrogens with zero attached hydrogens (tertiary/aromatic N) is 2. The SMILES string of the molecule is NCc1cccc(N2CCOc3ccccc3C2)n1. The second kappa shape index (κ2) is 5.28. The fraction of sp³-hybridized carbons (Fsp3) is 0.267. The molecule has 0 radical (unpaired) electrons. The maximum Gasteiger partial charge on any atom is 0.129 e. The van der Waals surface area contributed by atoms with E-state index in [1.807, 2.05) is 36.4 Å². The number of para-hydroxylation sites is 1. The smallest absolute Gasteiger partial charge is 0.129 e. The minimum Gasteiger partial charge on any atom is -0.491 e. The third-order valence-corrected chi connectivity index (χ3v) is 3.28. The summed E-state index contributed by atoms with van der Waals surface area (Å²) in [6, 6.07) is 14.1. The van der Waals surface area contributed by atoms with Crippen molar-refractivity contribution in [1.82, 2.24) is 4.98 Å². The van der Waals surface area contributed by atoms with E-state index >= 15 is 0 Å². The van der Waals surface area contributed by atoms with E-state index in [1.54, 1.807) is 0 Å². The van der Waals surface area contributed by atoms with Crippen LogP contribution in [0, 0.1) is 0 Å². The van der Waals surface area contributed by atoms with Gasteiger partial charge in [0.15, 0.2) is 0 Å². The lowest BCUT2D eigenvalue weighted by molar-refractivity contribution is 0.331. The molecular formula is C15H17N3O. The lowest BCUT2D eigenvalue weighted by Crippen LogP contribution is -2.26. The van der Waals surface area contributed by atoms with E-state index in [0.717, 1.165) is 30.4 Å². The van der Waals surface area contributed by atoms with Crippen LogP contribution in [-0.4, -0.2) is 18.1 Å². The Hall–Kier alpha value is -2.07. The van der Waals surface area contributed by atoms with E-state index in [-0.39, 0.29) is 0 Å². The molecule has 2 aromatic rings. The molecule has 19 heavy (non-hydrogen) atoms. The molecule has 1 aliphatic heterocycles. The Morgan fingerprint density at radius 3 is 2.95 bits per heavy atom. The Balaban J connectivity index is 1.89. The molecule has 0 fully saturated rings. The molecule has 0 bridgehead atoms. The Morgan fingerprint density at radius 2 is 2.05 bits per heavy atom. The van der Waals surface area contributed by atoms with Crippen LogP contribution in [-0.2, 0) is 13.1 Å². The molecule has 3 rings (SSSR count). The van der Waals surface area contributed by atoms with Gasteiger partial charge in [-0.15, -0.1) is 0 Å². The molecule has 0 amide bonds. The number of hydrogen-bond acceptors (Lipinski definition) is 4. The Bertz CT molecular complexity index is 571. The van der Waals surface area contributed by atoms with E-state index < -0.39 is 0 Å². The summed E-state index contributed by atoms with van der Waals surface area (Å²) in [5, 5.41) is 0. The van der Waals surface area contributed by atoms with Gasteiger partial charge in [0.05, 0.1) is 12.2 Å². The van der Waals surface area contributed by atoms with Crippen molar-refractivity contribution < 1.29 is 4.74 Å². The van der Waals surface area contributed by atoms with Crippen molar-refractivity contribution in [1.29, 1.82) is 0 Å². The third-order valence-electron chi connectivity index (χ3n) is 3.28. The molecule has 2 N–H and O–H groups in total. The van der Waals surface area contributed by atoms with E-state index in [9.17, 15) is 0 Å². The number of fused-ring (bicyclic) bond motifs is 1. The van der Waals surface area contributed by atoms with Gasteiger partial charge < -0.3 is 15.4 Å². The zero-order chi connectivity index (χ0) is 13.1. The normalized spacial score (nSPS) is 14.5. The molecule has 4 nitrogen and oxygen atoms in total. The van der Waals surface area contributed by atoms with Crippen molar-refractivity contribution in [3.63, 3.8) is 0 Å². The van der Waals surface area contributed by atoms with Crippen LogP contribution in [0.1, 0.15) is 11.3 Å². The summed E-state index contributed by atoms with van der Waals surface area (Å²) in [5.74, 6) is 1.93. The fourth-order valence-electron chi connectivity index (χ4n) is 2.28. The highest BCUT2D eigenvalue weighted by atomic mass is 16.5. The van der Waals surface area contributed by atoms with Crippen molar-refractivity contribution in [3.05, 3.63) is 53.7 Å². The van der Waals surface area contributed by atoms with Crippen LogP contribution < -0.4 is 15.4 Å². The summed E-state index contributed by atoms with van der Waals surface area (Å²) in [6.07, 6.45) is 0. The first kappa shape index (κ1) is 12.0. The molecule has 1 aromatic heterocycles. The van der Waals surface area contributed by atoms with Crippen molar-refractivity contribution in [2.45, 2.75) is 13.1 Å². The molecule has 0 spiro atoms. The average Bonchev–Trinajstić information content (AvgIpc) is 2.69. The van der Waals surface area contributed by atoms with Crippen LogP contribution in [0.3, 0.4) is 0 Å². The second-order valence-corrected chi connectivity index (χ2v) is 4.57. The van der Waals surface area contributed by atoms with Gasteiger partial charge in [-0.1, -0.05) is 24.3 Å². The van der Waals surface area contributed by atoms with E-state index in [1.165, 1.54) is 5.56 Å². The minimum absolute atomic E-state index is 0.467. The standard InChI is InChI=1S/C15H17N3O/c16-10-13-5-3-7-15(17-13)18-8-9-19-14-6-2-1-4-12(14)11-18/h1-7H,8-11,16H2. The molecule has 0 atom stereocenters. The lowest BCUT2D eigenvalue weighted by Gasteiger charge is -2.21. The van der Waals surface area contributed by atoms with E-state index in [0.29, 0.717) is 13.2 Å². The highest BCUT2D eigenvalue weighted by Crippen LogP contribution is 2.25. The number of nitrogens with two attached hydrogens (primary N) is 1. The summed E-state index contributed by atoms with van der Waals surface area (Å²) in [6.45, 7) is 2.78. The predicted octanol–water partition coefficient (Wildman–Crippen LogP) is 1.94. The number of pyridine rings is 1. The molecule has 0 saturated carbocycles. The monoisotopic (exact) mass is 255 g/mol. The first-order chi connectivity index (χ1) is 9.36. The Morgan fingerprint density at radius 1 is 1.16 bits per heavy atom. The van der Waals surface area contributed by atoms with Gasteiger partial charge >= 0.3 is 0 Å². The number of aromatic nitrogens is 1. The summed E-state index contributed by atoms with van der Waals surface area (Å²) in [5.41, 5.74) is 7.76. The number of anilines is 1. The van der Waals surface area contributed by atoms with Crippen LogP contribution in [0.5, 0.6) is 5.75 Å². The first-order valence-corrected chi connectivity index (χ1v) is 6.48. The van der Waals surface area contributed by atoms with Crippen molar-refractivity contribution >= 4 is 5.82 Å². The number of rotatable bonds is 2. The third kappa shape index (κ3) is 2.53. The highest BCUT2D eigenvalue weighted by Gasteiger charge is 2.16. The average molecular weight is 255 g/mol. The summed E-state index contributed by atoms with van der Waals surface area (Å²) < 4.78 is 5.76. The zero-order valence-corrected chi connectivity index (χ0v) is 10.7. The van der Waals surface area contributed by atoms with Gasteiger partial charge in [0, 0.05) is 18.7 Å². The Labute approximate surface area is 112 Å². The number of benzene rings is 1. The highest BCUT2D eigenvalue weighted by molar-refractivity contribution is 5.44. The number of ether oxygens (including phenoxy) is 1. The maximum absolute atomic E-state index is 5.76. The molecule has 2 heterocycles. The maximum atomic E-state index is 5.76. The fourth-order valence-corrected chi connectivity index (χ4v) is 2.28. The van der Waals surface area contributed by atoms with Crippen LogP contribution in [0.4, 0.5) is 5.82 Å². The van der Waals surface area contributed by atoms with Crippen LogP contribution in [0.15, 0.2) is 42.5 Å². The van der Waals surface area contributed by atoms with Gasteiger partial charge in [0.1, 0.15) is 18.2 Å². The molecule has 98 valence electrons. The quantitative estimate of drug-likeness (QED) is 0.891. The first-order valence-electron chi connectivity index (χ1n) is 6.48. The largest absolute Gasteiger partial charge is 0.491 e. The summed E-state index contributed by atoms with van der Waals surface area (Å²) in [7, 11) is 0. The molecular weight excluding hydrogens is 238 g/mol. The molecule has 0 unspecified atom stereocenters. The second-order valence-electron chi connectivity index (χ2n) is 4.57. The summed E-state index contributed by atoms with van der Waals surface area (Å²) in [4.78, 5) is 6.80. The lowest BCUT2D eigenvalue weighted by atomic mass is 10.2. The predicted molar refractivity (Wildman–Crippen MR) is 75.1 cm³/mol. The Kier molecular flexibility index (Phi) is 3.33. The minimum atomic E-state index is 0.467.